The van der Waals surface area contributed by atoms with Crippen molar-refractivity contribution in [2.24, 2.45) is 10.9 Å². The number of carbonyl (C=O) groups is 1. The lowest BCUT2D eigenvalue weighted by atomic mass is 9.93. The summed E-state index contributed by atoms with van der Waals surface area (Å²) in [5.41, 5.74) is 1.85. The van der Waals surface area contributed by atoms with E-state index in [2.05, 4.69) is 12.2 Å². The van der Waals surface area contributed by atoms with Gasteiger partial charge in [0.2, 0.25) is 5.91 Å². The number of aliphatic imine (C=N–C) groups is 1. The molecule has 122 valence electrons. The Labute approximate surface area is 146 Å². The van der Waals surface area contributed by atoms with Crippen LogP contribution in [-0.2, 0) is 4.79 Å². The molecule has 5 heteroatoms. The third-order valence-corrected chi connectivity index (χ3v) is 5.72. The summed E-state index contributed by atoms with van der Waals surface area (Å²) < 4.78 is 0. The van der Waals surface area contributed by atoms with Crippen LogP contribution in [0, 0.1) is 12.8 Å². The van der Waals surface area contributed by atoms with E-state index in [0.717, 1.165) is 54.4 Å². The van der Waals surface area contributed by atoms with Crippen molar-refractivity contribution < 1.29 is 4.79 Å². The second kappa shape index (κ2) is 7.54. The number of hydrogen-bond donors (Lipinski definition) is 0. The van der Waals surface area contributed by atoms with Gasteiger partial charge in [0.05, 0.1) is 5.69 Å². The molecule has 1 fully saturated rings. The summed E-state index contributed by atoms with van der Waals surface area (Å²) in [5.74, 6) is 1.33. The maximum atomic E-state index is 12.8. The highest BCUT2D eigenvalue weighted by molar-refractivity contribution is 8.13. The van der Waals surface area contributed by atoms with Crippen molar-refractivity contribution in [1.29, 1.82) is 0 Å². The van der Waals surface area contributed by atoms with Crippen molar-refractivity contribution >= 4 is 40.1 Å². The van der Waals surface area contributed by atoms with E-state index in [1.54, 1.807) is 11.8 Å². The van der Waals surface area contributed by atoms with Crippen LogP contribution in [0.15, 0.2) is 35.3 Å². The Balaban J connectivity index is 1.82. The molecule has 1 aliphatic carbocycles. The zero-order valence-corrected chi connectivity index (χ0v) is 14.9. The molecule has 23 heavy (non-hydrogen) atoms. The SMILES string of the molecule is Cc1ccc(N=C2SCCCN2C(=O)C2CC=CCC2)cc1Cl. The Hall–Kier alpha value is -1.26. The zero-order chi connectivity index (χ0) is 16.2. The van der Waals surface area contributed by atoms with Gasteiger partial charge < -0.3 is 0 Å². The largest absolute Gasteiger partial charge is 0.291 e. The number of hydrogen-bond acceptors (Lipinski definition) is 3. The van der Waals surface area contributed by atoms with E-state index >= 15 is 0 Å². The summed E-state index contributed by atoms with van der Waals surface area (Å²) in [4.78, 5) is 19.4. The van der Waals surface area contributed by atoms with Gasteiger partial charge in [-0.05, 0) is 50.3 Å². The number of aryl methyl sites for hydroxylation is 1. The average Bonchev–Trinajstić information content (AvgIpc) is 2.59. The molecule has 1 saturated heterocycles. The van der Waals surface area contributed by atoms with Gasteiger partial charge in [-0.15, -0.1) is 0 Å². The number of nitrogens with zero attached hydrogens (tertiary/aromatic N) is 2. The minimum atomic E-state index is 0.102. The van der Waals surface area contributed by atoms with Crippen molar-refractivity contribution in [1.82, 2.24) is 4.90 Å². The fraction of sp³-hybridized carbons (Fsp3) is 0.444. The number of amidine groups is 1. The molecule has 1 heterocycles. The van der Waals surface area contributed by atoms with Gasteiger partial charge in [-0.1, -0.05) is 41.6 Å². The van der Waals surface area contributed by atoms with E-state index in [1.807, 2.05) is 30.0 Å². The number of amides is 1. The van der Waals surface area contributed by atoms with Crippen LogP contribution < -0.4 is 0 Å². The van der Waals surface area contributed by atoms with Gasteiger partial charge in [0.1, 0.15) is 0 Å². The number of carbonyl (C=O) groups excluding carboxylic acids is 1. The zero-order valence-electron chi connectivity index (χ0n) is 13.3. The number of thioether (sulfide) groups is 1. The van der Waals surface area contributed by atoms with Gasteiger partial charge in [0.15, 0.2) is 5.17 Å². The molecule has 0 aromatic heterocycles. The number of halogens is 1. The standard InChI is InChI=1S/C18H21ClN2OS/c1-13-8-9-15(12-16(13)19)20-18-21(10-5-11-23-18)17(22)14-6-3-2-4-7-14/h2-3,8-9,12,14H,4-7,10-11H2,1H3. The summed E-state index contributed by atoms with van der Waals surface area (Å²) >= 11 is 7.85. The van der Waals surface area contributed by atoms with E-state index in [1.165, 1.54) is 0 Å². The van der Waals surface area contributed by atoms with Crippen LogP contribution in [0.4, 0.5) is 5.69 Å². The number of allylic oxidation sites excluding steroid dienone is 2. The monoisotopic (exact) mass is 348 g/mol. The van der Waals surface area contributed by atoms with E-state index < -0.39 is 0 Å². The van der Waals surface area contributed by atoms with Crippen molar-refractivity contribution in [3.63, 3.8) is 0 Å². The smallest absolute Gasteiger partial charge is 0.231 e. The molecular weight excluding hydrogens is 328 g/mol. The van der Waals surface area contributed by atoms with Gasteiger partial charge in [0, 0.05) is 23.2 Å². The van der Waals surface area contributed by atoms with Crippen LogP contribution in [0.1, 0.15) is 31.2 Å². The molecule has 0 spiro atoms. The molecular formula is C18H21ClN2OS. The van der Waals surface area contributed by atoms with Crippen LogP contribution in [0.25, 0.3) is 0 Å². The molecule has 3 nitrogen and oxygen atoms in total. The first-order valence-electron chi connectivity index (χ1n) is 8.09. The second-order valence-corrected chi connectivity index (χ2v) is 7.47. The fourth-order valence-corrected chi connectivity index (χ4v) is 3.99. The summed E-state index contributed by atoms with van der Waals surface area (Å²) in [6.07, 6.45) is 8.10. The Morgan fingerprint density at radius 1 is 1.39 bits per heavy atom. The first kappa shape index (κ1) is 16.6. The summed E-state index contributed by atoms with van der Waals surface area (Å²) in [7, 11) is 0. The Morgan fingerprint density at radius 2 is 2.26 bits per heavy atom. The predicted molar refractivity (Wildman–Crippen MR) is 98.6 cm³/mol. The highest BCUT2D eigenvalue weighted by Crippen LogP contribution is 2.29. The minimum Gasteiger partial charge on any atom is -0.291 e. The van der Waals surface area contributed by atoms with Crippen molar-refractivity contribution in [2.45, 2.75) is 32.6 Å². The maximum Gasteiger partial charge on any atom is 0.231 e. The molecule has 1 amide bonds. The quantitative estimate of drug-likeness (QED) is 0.708. The van der Waals surface area contributed by atoms with E-state index in [-0.39, 0.29) is 11.8 Å². The number of benzene rings is 1. The van der Waals surface area contributed by atoms with Crippen LogP contribution >= 0.6 is 23.4 Å². The topological polar surface area (TPSA) is 32.7 Å². The first-order chi connectivity index (χ1) is 11.1. The van der Waals surface area contributed by atoms with Crippen LogP contribution in [-0.4, -0.2) is 28.3 Å². The molecule has 0 radical (unpaired) electrons. The summed E-state index contributed by atoms with van der Waals surface area (Å²) in [5, 5.41) is 1.53. The van der Waals surface area contributed by atoms with Crippen LogP contribution in [0.2, 0.25) is 5.02 Å². The van der Waals surface area contributed by atoms with Crippen molar-refractivity contribution in [3.8, 4) is 0 Å². The Kier molecular flexibility index (Phi) is 5.44. The lowest BCUT2D eigenvalue weighted by Gasteiger charge is -2.31. The second-order valence-electron chi connectivity index (χ2n) is 6.00. The van der Waals surface area contributed by atoms with Crippen LogP contribution in [0.3, 0.4) is 0 Å². The highest BCUT2D eigenvalue weighted by atomic mass is 35.5. The normalized spacial score (nSPS) is 23.3. The molecule has 1 atom stereocenters. The lowest BCUT2D eigenvalue weighted by molar-refractivity contribution is -0.131. The summed E-state index contributed by atoms with van der Waals surface area (Å²) in [6.45, 7) is 2.74. The molecule has 0 bridgehead atoms. The minimum absolute atomic E-state index is 0.102. The molecule has 2 aliphatic rings. The Morgan fingerprint density at radius 3 is 3.00 bits per heavy atom. The third-order valence-electron chi connectivity index (χ3n) is 4.25. The van der Waals surface area contributed by atoms with E-state index in [9.17, 15) is 4.79 Å². The summed E-state index contributed by atoms with van der Waals surface area (Å²) in [6, 6.07) is 5.79. The fourth-order valence-electron chi connectivity index (χ4n) is 2.86. The van der Waals surface area contributed by atoms with Gasteiger partial charge in [-0.25, -0.2) is 4.99 Å². The maximum absolute atomic E-state index is 12.8. The molecule has 0 saturated carbocycles. The predicted octanol–water partition coefficient (Wildman–Crippen LogP) is 4.96. The van der Waals surface area contributed by atoms with Crippen molar-refractivity contribution in [3.05, 3.63) is 40.9 Å². The lowest BCUT2D eigenvalue weighted by Crippen LogP contribution is -2.42. The highest BCUT2D eigenvalue weighted by Gasteiger charge is 2.29. The van der Waals surface area contributed by atoms with Gasteiger partial charge >= 0.3 is 0 Å². The molecule has 0 N–H and O–H groups in total. The van der Waals surface area contributed by atoms with E-state index in [4.69, 9.17) is 16.6 Å². The molecule has 1 aromatic carbocycles. The van der Waals surface area contributed by atoms with Crippen LogP contribution in [0.5, 0.6) is 0 Å². The molecule has 3 rings (SSSR count). The van der Waals surface area contributed by atoms with Gasteiger partial charge in [-0.2, -0.15) is 0 Å². The molecule has 1 aliphatic heterocycles. The molecule has 1 unspecified atom stereocenters. The van der Waals surface area contributed by atoms with E-state index in [0.29, 0.717) is 5.02 Å². The first-order valence-corrected chi connectivity index (χ1v) is 9.45. The van der Waals surface area contributed by atoms with Crippen molar-refractivity contribution in [2.75, 3.05) is 12.3 Å². The third kappa shape index (κ3) is 3.99. The Bertz CT molecular complexity index is 656. The average molecular weight is 349 g/mol. The van der Waals surface area contributed by atoms with Gasteiger partial charge in [0.25, 0.3) is 0 Å². The van der Waals surface area contributed by atoms with Gasteiger partial charge in [-0.3, -0.25) is 9.69 Å². The molecule has 1 aromatic rings. The number of rotatable bonds is 2.